The lowest BCUT2D eigenvalue weighted by Crippen LogP contribution is -2.31. The maximum atomic E-state index is 12.2. The molecule has 27 heavy (non-hydrogen) atoms. The highest BCUT2D eigenvalue weighted by atomic mass is 16.3. The van der Waals surface area contributed by atoms with Crippen LogP contribution >= 0.6 is 0 Å². The lowest BCUT2D eigenvalue weighted by Gasteiger charge is -2.16. The van der Waals surface area contributed by atoms with E-state index in [0.29, 0.717) is 13.1 Å². The Bertz CT molecular complexity index is 872. The van der Waals surface area contributed by atoms with E-state index in [1.54, 1.807) is 30.3 Å². The van der Waals surface area contributed by atoms with Crippen molar-refractivity contribution in [2.45, 2.75) is 19.5 Å². The molecule has 2 heterocycles. The standard InChI is InChI=1S/C20H22N4O3/c1-23(19(25)9-10-21-20(26)18-8-5-11-27-18)13-17-12-22-24(15-17)14-16-6-3-2-4-7-16/h2-8,11-12,15H,9-10,13-14H2,1H3,(H,21,26). The van der Waals surface area contributed by atoms with Crippen LogP contribution in [0, 0.1) is 0 Å². The maximum absolute atomic E-state index is 12.2. The van der Waals surface area contributed by atoms with Crippen LogP contribution in [0.25, 0.3) is 0 Å². The fraction of sp³-hybridized carbons (Fsp3) is 0.250. The number of benzene rings is 1. The summed E-state index contributed by atoms with van der Waals surface area (Å²) in [5, 5.41) is 7.02. The van der Waals surface area contributed by atoms with Crippen LogP contribution in [0.1, 0.15) is 28.1 Å². The van der Waals surface area contributed by atoms with Gasteiger partial charge in [-0.2, -0.15) is 5.10 Å². The van der Waals surface area contributed by atoms with Crippen molar-refractivity contribution in [2.24, 2.45) is 0 Å². The first-order valence-corrected chi connectivity index (χ1v) is 8.73. The summed E-state index contributed by atoms with van der Waals surface area (Å²) >= 11 is 0. The Morgan fingerprint density at radius 2 is 1.96 bits per heavy atom. The van der Waals surface area contributed by atoms with Gasteiger partial charge in [-0.15, -0.1) is 0 Å². The molecule has 0 spiro atoms. The monoisotopic (exact) mass is 366 g/mol. The Morgan fingerprint density at radius 3 is 2.70 bits per heavy atom. The summed E-state index contributed by atoms with van der Waals surface area (Å²) in [6.07, 6.45) is 5.37. The molecule has 3 aromatic rings. The molecule has 0 fully saturated rings. The van der Waals surface area contributed by atoms with Gasteiger partial charge < -0.3 is 14.6 Å². The van der Waals surface area contributed by atoms with Crippen LogP contribution in [-0.4, -0.2) is 40.1 Å². The van der Waals surface area contributed by atoms with E-state index < -0.39 is 0 Å². The molecule has 0 radical (unpaired) electrons. The lowest BCUT2D eigenvalue weighted by molar-refractivity contribution is -0.130. The highest BCUT2D eigenvalue weighted by molar-refractivity contribution is 5.91. The average molecular weight is 366 g/mol. The minimum atomic E-state index is -0.322. The van der Waals surface area contributed by atoms with Crippen LogP contribution in [0.3, 0.4) is 0 Å². The normalized spacial score (nSPS) is 10.6. The third kappa shape index (κ3) is 5.31. The van der Waals surface area contributed by atoms with Crippen LogP contribution < -0.4 is 5.32 Å². The first kappa shape index (κ1) is 18.4. The highest BCUT2D eigenvalue weighted by Crippen LogP contribution is 2.07. The molecule has 0 aliphatic rings. The number of amides is 2. The molecule has 0 atom stereocenters. The highest BCUT2D eigenvalue weighted by Gasteiger charge is 2.12. The van der Waals surface area contributed by atoms with Gasteiger partial charge in [0.05, 0.1) is 19.0 Å². The predicted molar refractivity (Wildman–Crippen MR) is 99.9 cm³/mol. The molecule has 0 bridgehead atoms. The van der Waals surface area contributed by atoms with Crippen molar-refractivity contribution in [3.8, 4) is 0 Å². The third-order valence-electron chi connectivity index (χ3n) is 4.09. The number of rotatable bonds is 8. The van der Waals surface area contributed by atoms with Crippen LogP contribution in [-0.2, 0) is 17.9 Å². The molecule has 1 N–H and O–H groups in total. The summed E-state index contributed by atoms with van der Waals surface area (Å²) in [5.74, 6) is -0.134. The number of carbonyl (C=O) groups is 2. The summed E-state index contributed by atoms with van der Waals surface area (Å²) in [5.41, 5.74) is 2.13. The fourth-order valence-corrected chi connectivity index (χ4v) is 2.68. The van der Waals surface area contributed by atoms with Crippen LogP contribution in [0.5, 0.6) is 0 Å². The molecule has 0 saturated heterocycles. The number of nitrogens with one attached hydrogen (secondary N) is 1. The summed E-state index contributed by atoms with van der Waals surface area (Å²) in [6.45, 7) is 1.42. The Labute approximate surface area is 157 Å². The second-order valence-corrected chi connectivity index (χ2v) is 6.26. The van der Waals surface area contributed by atoms with Gasteiger partial charge in [-0.05, 0) is 17.7 Å². The van der Waals surface area contributed by atoms with E-state index in [-0.39, 0.29) is 30.5 Å². The van der Waals surface area contributed by atoms with Gasteiger partial charge >= 0.3 is 0 Å². The van der Waals surface area contributed by atoms with Gasteiger partial charge in [0.1, 0.15) is 0 Å². The Kier molecular flexibility index (Phi) is 6.04. The Hall–Kier alpha value is -3.35. The molecular weight excluding hydrogens is 344 g/mol. The molecular formula is C20H22N4O3. The van der Waals surface area contributed by atoms with Gasteiger partial charge in [0, 0.05) is 38.3 Å². The summed E-state index contributed by atoms with van der Waals surface area (Å²) < 4.78 is 6.86. The van der Waals surface area contributed by atoms with Crippen molar-refractivity contribution in [2.75, 3.05) is 13.6 Å². The van der Waals surface area contributed by atoms with E-state index in [9.17, 15) is 9.59 Å². The maximum Gasteiger partial charge on any atom is 0.286 e. The predicted octanol–water partition coefficient (Wildman–Crippen LogP) is 2.30. The zero-order valence-corrected chi connectivity index (χ0v) is 15.2. The molecule has 2 aromatic heterocycles. The number of carbonyl (C=O) groups excluding carboxylic acids is 2. The second-order valence-electron chi connectivity index (χ2n) is 6.26. The SMILES string of the molecule is CN(Cc1cnn(Cc2ccccc2)c1)C(=O)CCNC(=O)c1ccco1. The third-order valence-corrected chi connectivity index (χ3v) is 4.09. The van der Waals surface area contributed by atoms with Crippen molar-refractivity contribution >= 4 is 11.8 Å². The van der Waals surface area contributed by atoms with E-state index in [1.165, 1.54) is 11.8 Å². The molecule has 7 heteroatoms. The molecule has 0 aliphatic heterocycles. The fourth-order valence-electron chi connectivity index (χ4n) is 2.68. The quantitative estimate of drug-likeness (QED) is 0.663. The molecule has 1 aromatic carbocycles. The van der Waals surface area contributed by atoms with E-state index in [0.717, 1.165) is 5.56 Å². The Morgan fingerprint density at radius 1 is 1.15 bits per heavy atom. The minimum absolute atomic E-state index is 0.0504. The minimum Gasteiger partial charge on any atom is -0.459 e. The van der Waals surface area contributed by atoms with Gasteiger partial charge in [-0.3, -0.25) is 14.3 Å². The van der Waals surface area contributed by atoms with E-state index in [4.69, 9.17) is 4.42 Å². The summed E-state index contributed by atoms with van der Waals surface area (Å²) in [4.78, 5) is 25.6. The topological polar surface area (TPSA) is 80.4 Å². The lowest BCUT2D eigenvalue weighted by atomic mass is 10.2. The zero-order chi connectivity index (χ0) is 19.1. The second kappa shape index (κ2) is 8.84. The van der Waals surface area contributed by atoms with Crippen molar-refractivity contribution < 1.29 is 14.0 Å². The first-order valence-electron chi connectivity index (χ1n) is 8.73. The Balaban J connectivity index is 1.43. The molecule has 7 nitrogen and oxygen atoms in total. The van der Waals surface area contributed by atoms with E-state index in [2.05, 4.69) is 10.4 Å². The molecule has 2 amide bonds. The van der Waals surface area contributed by atoms with Crippen LogP contribution in [0.15, 0.2) is 65.5 Å². The molecule has 0 saturated carbocycles. The van der Waals surface area contributed by atoms with Crippen molar-refractivity contribution in [3.05, 3.63) is 78.0 Å². The van der Waals surface area contributed by atoms with Gasteiger partial charge in [0.25, 0.3) is 5.91 Å². The number of nitrogens with zero attached hydrogens (tertiary/aromatic N) is 3. The molecule has 3 rings (SSSR count). The van der Waals surface area contributed by atoms with Crippen molar-refractivity contribution in [1.82, 2.24) is 20.0 Å². The van der Waals surface area contributed by atoms with Gasteiger partial charge in [-0.25, -0.2) is 0 Å². The zero-order valence-electron chi connectivity index (χ0n) is 15.2. The van der Waals surface area contributed by atoms with Crippen molar-refractivity contribution in [3.63, 3.8) is 0 Å². The van der Waals surface area contributed by atoms with Gasteiger partial charge in [-0.1, -0.05) is 30.3 Å². The average Bonchev–Trinajstić information content (AvgIpc) is 3.34. The molecule has 140 valence electrons. The first-order chi connectivity index (χ1) is 13.1. The van der Waals surface area contributed by atoms with Crippen molar-refractivity contribution in [1.29, 1.82) is 0 Å². The number of hydrogen-bond donors (Lipinski definition) is 1. The molecule has 0 aliphatic carbocycles. The molecule has 0 unspecified atom stereocenters. The number of hydrogen-bond acceptors (Lipinski definition) is 4. The summed E-state index contributed by atoms with van der Waals surface area (Å²) in [6, 6.07) is 13.3. The van der Waals surface area contributed by atoms with Gasteiger partial charge in [0.15, 0.2) is 5.76 Å². The van der Waals surface area contributed by atoms with Gasteiger partial charge in [0.2, 0.25) is 5.91 Å². The van der Waals surface area contributed by atoms with E-state index >= 15 is 0 Å². The summed E-state index contributed by atoms with van der Waals surface area (Å²) in [7, 11) is 1.74. The van der Waals surface area contributed by atoms with Crippen LogP contribution in [0.4, 0.5) is 0 Å². The number of furan rings is 1. The number of aromatic nitrogens is 2. The largest absolute Gasteiger partial charge is 0.459 e. The van der Waals surface area contributed by atoms with E-state index in [1.807, 2.05) is 41.2 Å². The smallest absolute Gasteiger partial charge is 0.286 e. The van der Waals surface area contributed by atoms with Crippen LogP contribution in [0.2, 0.25) is 0 Å².